The van der Waals surface area contributed by atoms with Crippen LogP contribution in [0.4, 0.5) is 4.39 Å². The van der Waals surface area contributed by atoms with Crippen molar-refractivity contribution in [3.63, 3.8) is 0 Å². The zero-order valence-corrected chi connectivity index (χ0v) is 12.9. The van der Waals surface area contributed by atoms with Crippen molar-refractivity contribution >= 4 is 17.7 Å². The molecule has 22 heavy (non-hydrogen) atoms. The second-order valence-electron chi connectivity index (χ2n) is 4.61. The molecule has 0 spiro atoms. The van der Waals surface area contributed by atoms with Crippen LogP contribution in [0.5, 0.6) is 5.75 Å². The molecule has 2 rings (SSSR count). The normalized spacial score (nSPS) is 10.2. The molecule has 0 unspecified atom stereocenters. The van der Waals surface area contributed by atoms with Crippen LogP contribution >= 0.6 is 11.8 Å². The lowest BCUT2D eigenvalue weighted by molar-refractivity contribution is -0.123. The molecule has 0 aliphatic carbocycles. The highest BCUT2D eigenvalue weighted by molar-refractivity contribution is 7.99. The van der Waals surface area contributed by atoms with Gasteiger partial charge in [0, 0.05) is 11.4 Å². The zero-order valence-electron chi connectivity index (χ0n) is 12.1. The van der Waals surface area contributed by atoms with Crippen LogP contribution in [-0.2, 0) is 4.79 Å². The lowest BCUT2D eigenvalue weighted by Gasteiger charge is -2.07. The molecule has 5 heteroatoms. The first-order valence-corrected chi connectivity index (χ1v) is 8.05. The maximum absolute atomic E-state index is 12.7. The van der Waals surface area contributed by atoms with Gasteiger partial charge in [0.15, 0.2) is 6.61 Å². The number of carbonyl (C=O) groups is 1. The SMILES string of the molecule is O=C(COc1ccccc1)NCCCSc1ccc(F)cc1. The number of benzene rings is 2. The van der Waals surface area contributed by atoms with E-state index in [1.165, 1.54) is 12.1 Å². The molecule has 0 saturated carbocycles. The lowest BCUT2D eigenvalue weighted by atomic mass is 10.3. The molecule has 0 aromatic heterocycles. The Morgan fingerprint density at radius 1 is 1.09 bits per heavy atom. The van der Waals surface area contributed by atoms with Crippen molar-refractivity contribution in [2.45, 2.75) is 11.3 Å². The summed E-state index contributed by atoms with van der Waals surface area (Å²) in [6.07, 6.45) is 0.846. The van der Waals surface area contributed by atoms with Crippen molar-refractivity contribution in [2.24, 2.45) is 0 Å². The summed E-state index contributed by atoms with van der Waals surface area (Å²) in [5.74, 6) is 1.20. The van der Waals surface area contributed by atoms with Gasteiger partial charge in [0.25, 0.3) is 5.91 Å². The molecule has 0 heterocycles. The predicted octanol–water partition coefficient (Wildman–Crippen LogP) is 3.50. The van der Waals surface area contributed by atoms with Gasteiger partial charge in [0.1, 0.15) is 11.6 Å². The summed E-state index contributed by atoms with van der Waals surface area (Å²) in [5.41, 5.74) is 0. The van der Waals surface area contributed by atoms with Crippen LogP contribution in [0.3, 0.4) is 0 Å². The van der Waals surface area contributed by atoms with E-state index < -0.39 is 0 Å². The number of thioether (sulfide) groups is 1. The van der Waals surface area contributed by atoms with Crippen LogP contribution in [0.2, 0.25) is 0 Å². The number of hydrogen-bond donors (Lipinski definition) is 1. The molecule has 0 atom stereocenters. The van der Waals surface area contributed by atoms with Gasteiger partial charge in [-0.05, 0) is 48.6 Å². The van der Waals surface area contributed by atoms with Crippen LogP contribution in [0.15, 0.2) is 59.5 Å². The fourth-order valence-electron chi connectivity index (χ4n) is 1.74. The van der Waals surface area contributed by atoms with E-state index in [9.17, 15) is 9.18 Å². The summed E-state index contributed by atoms with van der Waals surface area (Å²) < 4.78 is 18.1. The van der Waals surface area contributed by atoms with Gasteiger partial charge < -0.3 is 10.1 Å². The quantitative estimate of drug-likeness (QED) is 0.598. The fourth-order valence-corrected chi connectivity index (χ4v) is 2.59. The van der Waals surface area contributed by atoms with Crippen LogP contribution in [0.1, 0.15) is 6.42 Å². The average molecular weight is 319 g/mol. The van der Waals surface area contributed by atoms with E-state index in [0.717, 1.165) is 17.1 Å². The minimum Gasteiger partial charge on any atom is -0.484 e. The van der Waals surface area contributed by atoms with Gasteiger partial charge in [0.2, 0.25) is 0 Å². The number of ether oxygens (including phenoxy) is 1. The van der Waals surface area contributed by atoms with E-state index in [1.54, 1.807) is 23.9 Å². The third kappa shape index (κ3) is 6.18. The number of carbonyl (C=O) groups excluding carboxylic acids is 1. The second kappa shape index (κ2) is 9.10. The summed E-state index contributed by atoms with van der Waals surface area (Å²) in [6.45, 7) is 0.625. The smallest absolute Gasteiger partial charge is 0.257 e. The Balaban J connectivity index is 1.54. The monoisotopic (exact) mass is 319 g/mol. The summed E-state index contributed by atoms with van der Waals surface area (Å²) >= 11 is 1.64. The highest BCUT2D eigenvalue weighted by Crippen LogP contribution is 2.18. The minimum absolute atomic E-state index is 0.0229. The lowest BCUT2D eigenvalue weighted by Crippen LogP contribution is -2.29. The van der Waals surface area contributed by atoms with E-state index in [0.29, 0.717) is 12.3 Å². The molecular weight excluding hydrogens is 301 g/mol. The van der Waals surface area contributed by atoms with Crippen LogP contribution < -0.4 is 10.1 Å². The van der Waals surface area contributed by atoms with E-state index in [2.05, 4.69) is 5.32 Å². The second-order valence-corrected chi connectivity index (χ2v) is 5.78. The van der Waals surface area contributed by atoms with Crippen LogP contribution in [0.25, 0.3) is 0 Å². The Morgan fingerprint density at radius 3 is 2.55 bits per heavy atom. The first-order valence-electron chi connectivity index (χ1n) is 7.07. The molecule has 3 nitrogen and oxygen atoms in total. The van der Waals surface area contributed by atoms with Gasteiger partial charge in [-0.2, -0.15) is 0 Å². The third-order valence-corrected chi connectivity index (χ3v) is 3.94. The molecule has 0 saturated heterocycles. The van der Waals surface area contributed by atoms with Crippen molar-refractivity contribution in [1.29, 1.82) is 0 Å². The van der Waals surface area contributed by atoms with Crippen molar-refractivity contribution in [1.82, 2.24) is 5.32 Å². The van der Waals surface area contributed by atoms with Gasteiger partial charge >= 0.3 is 0 Å². The van der Waals surface area contributed by atoms with Gasteiger partial charge in [-0.25, -0.2) is 4.39 Å². The molecule has 0 aliphatic rings. The summed E-state index contributed by atoms with van der Waals surface area (Å²) in [5, 5.41) is 2.81. The minimum atomic E-state index is -0.227. The number of halogens is 1. The molecule has 0 fully saturated rings. The summed E-state index contributed by atoms with van der Waals surface area (Å²) in [6, 6.07) is 15.7. The molecule has 0 aliphatic heterocycles. The largest absolute Gasteiger partial charge is 0.484 e. The van der Waals surface area contributed by atoms with Crippen molar-refractivity contribution in [3.05, 3.63) is 60.4 Å². The molecule has 116 valence electrons. The highest BCUT2D eigenvalue weighted by atomic mass is 32.2. The Bertz CT molecular complexity index is 575. The fraction of sp³-hybridized carbons (Fsp3) is 0.235. The van der Waals surface area contributed by atoms with Gasteiger partial charge in [0.05, 0.1) is 0 Å². The maximum Gasteiger partial charge on any atom is 0.257 e. The Labute approximate surface area is 133 Å². The van der Waals surface area contributed by atoms with Crippen molar-refractivity contribution < 1.29 is 13.9 Å². The molecule has 2 aromatic carbocycles. The van der Waals surface area contributed by atoms with Crippen LogP contribution in [-0.4, -0.2) is 24.8 Å². The standard InChI is InChI=1S/C17H18FNO2S/c18-14-7-9-16(10-8-14)22-12-4-11-19-17(20)13-21-15-5-2-1-3-6-15/h1-3,5-10H,4,11-13H2,(H,19,20). The maximum atomic E-state index is 12.7. The molecule has 1 amide bonds. The first kappa shape index (κ1) is 16.4. The number of amides is 1. The van der Waals surface area contributed by atoms with Crippen molar-refractivity contribution in [3.8, 4) is 5.75 Å². The molecule has 0 bridgehead atoms. The van der Waals surface area contributed by atoms with E-state index in [1.807, 2.05) is 30.3 Å². The first-order chi connectivity index (χ1) is 10.7. The van der Waals surface area contributed by atoms with Crippen molar-refractivity contribution in [2.75, 3.05) is 18.9 Å². The van der Waals surface area contributed by atoms with E-state index in [-0.39, 0.29) is 18.3 Å². The number of rotatable bonds is 8. The predicted molar refractivity (Wildman–Crippen MR) is 86.7 cm³/mol. The number of para-hydroxylation sites is 1. The Hall–Kier alpha value is -2.01. The zero-order chi connectivity index (χ0) is 15.6. The summed E-state index contributed by atoms with van der Waals surface area (Å²) in [4.78, 5) is 12.6. The molecule has 2 aromatic rings. The average Bonchev–Trinajstić information content (AvgIpc) is 2.55. The Kier molecular flexibility index (Phi) is 6.77. The van der Waals surface area contributed by atoms with Gasteiger partial charge in [-0.15, -0.1) is 11.8 Å². The molecule has 0 radical (unpaired) electrons. The van der Waals surface area contributed by atoms with Gasteiger partial charge in [-0.1, -0.05) is 18.2 Å². The Morgan fingerprint density at radius 2 is 1.82 bits per heavy atom. The van der Waals surface area contributed by atoms with E-state index in [4.69, 9.17) is 4.74 Å². The molecule has 1 N–H and O–H groups in total. The topological polar surface area (TPSA) is 38.3 Å². The number of nitrogens with one attached hydrogen (secondary N) is 1. The van der Waals surface area contributed by atoms with Gasteiger partial charge in [-0.3, -0.25) is 4.79 Å². The van der Waals surface area contributed by atoms with E-state index >= 15 is 0 Å². The molecular formula is C17H18FNO2S. The summed E-state index contributed by atoms with van der Waals surface area (Å²) in [7, 11) is 0. The van der Waals surface area contributed by atoms with Crippen LogP contribution in [0, 0.1) is 5.82 Å². The third-order valence-electron chi connectivity index (χ3n) is 2.84. The highest BCUT2D eigenvalue weighted by Gasteiger charge is 2.02. The number of hydrogen-bond acceptors (Lipinski definition) is 3.